The molecule has 0 amide bonds. The molecule has 0 radical (unpaired) electrons. The first-order valence-corrected chi connectivity index (χ1v) is 6.76. The molecule has 2 unspecified atom stereocenters. The van der Waals surface area contributed by atoms with E-state index in [9.17, 15) is 8.42 Å². The Bertz CT molecular complexity index is 641. The summed E-state index contributed by atoms with van der Waals surface area (Å²) >= 11 is -4.37. The van der Waals surface area contributed by atoms with Gasteiger partial charge in [-0.1, -0.05) is 12.1 Å². The number of anilines is 1. The first-order valence-electron chi connectivity index (χ1n) is 4.55. The lowest BCUT2D eigenvalue weighted by Gasteiger charge is -2.08. The topological polar surface area (TPSA) is 101 Å². The van der Waals surface area contributed by atoms with Gasteiger partial charge >= 0.3 is 0 Å². The summed E-state index contributed by atoms with van der Waals surface area (Å²) in [5.41, 5.74) is 6.04. The highest BCUT2D eigenvalue weighted by Crippen LogP contribution is 2.30. The summed E-state index contributed by atoms with van der Waals surface area (Å²) in [6, 6.07) is 7.46. The minimum atomic E-state index is -2.20. The molecule has 0 aliphatic carbocycles. The van der Waals surface area contributed by atoms with E-state index in [1.54, 1.807) is 12.1 Å². The van der Waals surface area contributed by atoms with Crippen molar-refractivity contribution in [1.82, 2.24) is 0 Å². The van der Waals surface area contributed by atoms with E-state index in [4.69, 9.17) is 14.8 Å². The highest BCUT2D eigenvalue weighted by Gasteiger charge is 2.14. The molecule has 90 valence electrons. The first-order chi connectivity index (χ1) is 8.02. The second kappa shape index (κ2) is 4.53. The predicted molar refractivity (Wildman–Crippen MR) is 66.4 cm³/mol. The zero-order valence-electron chi connectivity index (χ0n) is 8.49. The summed E-state index contributed by atoms with van der Waals surface area (Å²) < 4.78 is 40.6. The van der Waals surface area contributed by atoms with E-state index in [0.717, 1.165) is 0 Å². The van der Waals surface area contributed by atoms with E-state index in [1.165, 1.54) is 18.2 Å². The van der Waals surface area contributed by atoms with Crippen LogP contribution in [-0.4, -0.2) is 17.5 Å². The zero-order valence-corrected chi connectivity index (χ0v) is 10.1. The third kappa shape index (κ3) is 2.09. The summed E-state index contributed by atoms with van der Waals surface area (Å²) in [7, 11) is 0. The number of nitrogen functional groups attached to an aromatic ring is 1. The Morgan fingerprint density at radius 3 is 2.18 bits per heavy atom. The maximum atomic E-state index is 11.2. The van der Waals surface area contributed by atoms with Crippen molar-refractivity contribution in [3.8, 4) is 0 Å². The highest BCUT2D eigenvalue weighted by molar-refractivity contribution is 7.80. The normalized spacial score (nSPS) is 14.7. The van der Waals surface area contributed by atoms with Gasteiger partial charge in [-0.05, 0) is 18.2 Å². The maximum Gasteiger partial charge on any atom is 0.187 e. The van der Waals surface area contributed by atoms with Crippen molar-refractivity contribution < 1.29 is 17.5 Å². The molecule has 0 aromatic heterocycles. The van der Waals surface area contributed by atoms with Gasteiger partial charge in [0.2, 0.25) is 0 Å². The van der Waals surface area contributed by atoms with E-state index >= 15 is 0 Å². The van der Waals surface area contributed by atoms with Crippen LogP contribution in [0.2, 0.25) is 0 Å². The van der Waals surface area contributed by atoms with Crippen molar-refractivity contribution in [3.63, 3.8) is 0 Å². The van der Waals surface area contributed by atoms with Crippen LogP contribution >= 0.6 is 0 Å². The number of hydrogen-bond donors (Lipinski definition) is 3. The van der Waals surface area contributed by atoms with Crippen molar-refractivity contribution in [2.75, 3.05) is 5.73 Å². The van der Waals surface area contributed by atoms with Gasteiger partial charge in [-0.15, -0.1) is 0 Å². The smallest absolute Gasteiger partial charge is 0.187 e. The van der Waals surface area contributed by atoms with Crippen molar-refractivity contribution in [1.29, 1.82) is 0 Å². The lowest BCUT2D eigenvalue weighted by atomic mass is 10.1. The summed E-state index contributed by atoms with van der Waals surface area (Å²) in [5.74, 6) is 0. The molecule has 0 bridgehead atoms. The van der Waals surface area contributed by atoms with Crippen LogP contribution in [-0.2, 0) is 22.2 Å². The van der Waals surface area contributed by atoms with Crippen LogP contribution in [0.3, 0.4) is 0 Å². The molecule has 2 aromatic carbocycles. The number of rotatable bonds is 2. The van der Waals surface area contributed by atoms with Crippen LogP contribution in [0.1, 0.15) is 0 Å². The van der Waals surface area contributed by atoms with Gasteiger partial charge in [0.1, 0.15) is 0 Å². The molecule has 7 heteroatoms. The Labute approximate surface area is 102 Å². The lowest BCUT2D eigenvalue weighted by Crippen LogP contribution is -1.98. The van der Waals surface area contributed by atoms with Gasteiger partial charge in [-0.2, -0.15) is 0 Å². The molecule has 5 nitrogen and oxygen atoms in total. The summed E-state index contributed by atoms with van der Waals surface area (Å²) in [6.07, 6.45) is 0. The number of benzene rings is 2. The fourth-order valence-corrected chi connectivity index (χ4v) is 2.81. The minimum Gasteiger partial charge on any atom is -0.398 e. The highest BCUT2D eigenvalue weighted by atomic mass is 32.2. The molecule has 0 aliphatic rings. The Morgan fingerprint density at radius 1 is 0.941 bits per heavy atom. The third-order valence-electron chi connectivity index (χ3n) is 2.37. The van der Waals surface area contributed by atoms with E-state index < -0.39 is 22.2 Å². The predicted octanol–water partition coefficient (Wildman–Crippen LogP) is 1.58. The molecule has 0 aliphatic heterocycles. The Balaban J connectivity index is 2.95. The standard InChI is InChI=1S/C10H9NO4S2/c11-7-4-5-8(16(12)13)6-2-1-3-9(10(6)7)17(14)15/h1-5H,11H2,(H,12,13)(H,14,15). The van der Waals surface area contributed by atoms with Crippen molar-refractivity contribution in [3.05, 3.63) is 30.3 Å². The molecule has 2 rings (SSSR count). The van der Waals surface area contributed by atoms with Crippen LogP contribution in [0.25, 0.3) is 10.8 Å². The monoisotopic (exact) mass is 271 g/mol. The zero-order chi connectivity index (χ0) is 12.6. The van der Waals surface area contributed by atoms with Gasteiger partial charge in [-0.25, -0.2) is 8.42 Å². The molecule has 2 atom stereocenters. The fraction of sp³-hybridized carbons (Fsp3) is 0. The van der Waals surface area contributed by atoms with E-state index in [1.807, 2.05) is 0 Å². The summed E-state index contributed by atoms with van der Waals surface area (Å²) in [4.78, 5) is 0.300. The van der Waals surface area contributed by atoms with Crippen LogP contribution < -0.4 is 5.73 Å². The molecule has 0 heterocycles. The molecule has 0 fully saturated rings. The first kappa shape index (κ1) is 12.2. The van der Waals surface area contributed by atoms with Gasteiger partial charge in [0.05, 0.1) is 9.79 Å². The summed E-state index contributed by atoms with van der Waals surface area (Å²) in [5, 5.41) is 0.749. The largest absolute Gasteiger partial charge is 0.398 e. The van der Waals surface area contributed by atoms with Crippen LogP contribution in [0.15, 0.2) is 40.1 Å². The Hall–Kier alpha value is -1.28. The van der Waals surface area contributed by atoms with Crippen molar-refractivity contribution in [2.24, 2.45) is 0 Å². The fourth-order valence-electron chi connectivity index (χ4n) is 1.67. The maximum absolute atomic E-state index is 11.2. The van der Waals surface area contributed by atoms with Crippen molar-refractivity contribution in [2.45, 2.75) is 9.79 Å². The molecule has 0 saturated heterocycles. The second-order valence-electron chi connectivity index (χ2n) is 3.33. The average molecular weight is 271 g/mol. The van der Waals surface area contributed by atoms with Gasteiger partial charge in [0.15, 0.2) is 22.2 Å². The van der Waals surface area contributed by atoms with Gasteiger partial charge in [0.25, 0.3) is 0 Å². The molecule has 2 aromatic rings. The Morgan fingerprint density at radius 2 is 1.59 bits per heavy atom. The number of fused-ring (bicyclic) bond motifs is 1. The van der Waals surface area contributed by atoms with Crippen LogP contribution in [0.5, 0.6) is 0 Å². The molecule has 4 N–H and O–H groups in total. The van der Waals surface area contributed by atoms with Crippen LogP contribution in [0.4, 0.5) is 5.69 Å². The molecule has 17 heavy (non-hydrogen) atoms. The number of hydrogen-bond acceptors (Lipinski definition) is 3. The molecular formula is C10H9NO4S2. The van der Waals surface area contributed by atoms with E-state index in [0.29, 0.717) is 16.5 Å². The SMILES string of the molecule is Nc1ccc(S(=O)O)c2cccc(S(=O)O)c12. The third-order valence-corrected chi connectivity index (χ3v) is 3.82. The molecule has 0 spiro atoms. The second-order valence-corrected chi connectivity index (χ2v) is 5.21. The summed E-state index contributed by atoms with van der Waals surface area (Å²) in [6.45, 7) is 0. The average Bonchev–Trinajstić information content (AvgIpc) is 2.28. The van der Waals surface area contributed by atoms with Crippen LogP contribution in [0, 0.1) is 0 Å². The van der Waals surface area contributed by atoms with E-state index in [-0.39, 0.29) is 9.79 Å². The quantitative estimate of drug-likeness (QED) is 0.568. The van der Waals surface area contributed by atoms with Gasteiger partial charge < -0.3 is 14.8 Å². The van der Waals surface area contributed by atoms with Crippen molar-refractivity contribution >= 4 is 38.6 Å². The molecule has 0 saturated carbocycles. The minimum absolute atomic E-state index is 0.132. The lowest BCUT2D eigenvalue weighted by molar-refractivity contribution is 0.563. The van der Waals surface area contributed by atoms with Gasteiger partial charge in [-0.3, -0.25) is 0 Å². The van der Waals surface area contributed by atoms with Gasteiger partial charge in [0, 0.05) is 16.5 Å². The van der Waals surface area contributed by atoms with E-state index in [2.05, 4.69) is 0 Å². The Kier molecular flexibility index (Phi) is 3.25. The number of nitrogens with two attached hydrogens (primary N) is 1. The molecular weight excluding hydrogens is 262 g/mol.